The van der Waals surface area contributed by atoms with E-state index in [4.69, 9.17) is 16.3 Å². The normalized spacial score (nSPS) is 10.8. The molecule has 1 aromatic heterocycles. The molecule has 0 unspecified atom stereocenters. The smallest absolute Gasteiger partial charge is 0.155 e. The molecule has 0 aliphatic rings. The summed E-state index contributed by atoms with van der Waals surface area (Å²) in [6.45, 7) is 0. The van der Waals surface area contributed by atoms with Crippen molar-refractivity contribution in [2.45, 2.75) is 0 Å². The number of rotatable bonds is 2. The van der Waals surface area contributed by atoms with Gasteiger partial charge in [-0.3, -0.25) is 4.68 Å². The van der Waals surface area contributed by atoms with Gasteiger partial charge in [-0.1, -0.05) is 29.8 Å². The largest absolute Gasteiger partial charge is 0.455 e. The Labute approximate surface area is 110 Å². The summed E-state index contributed by atoms with van der Waals surface area (Å²) in [6, 6.07) is 13.2. The van der Waals surface area contributed by atoms with Crippen molar-refractivity contribution in [2.24, 2.45) is 7.05 Å². The zero-order valence-corrected chi connectivity index (χ0v) is 10.6. The van der Waals surface area contributed by atoms with E-state index in [1.54, 1.807) is 10.7 Å². The maximum absolute atomic E-state index is 5.93. The fraction of sp³-hybridized carbons (Fsp3) is 0.0714. The molecule has 0 aliphatic carbocycles. The van der Waals surface area contributed by atoms with E-state index in [0.717, 1.165) is 16.7 Å². The van der Waals surface area contributed by atoms with Gasteiger partial charge in [-0.05, 0) is 24.3 Å². The van der Waals surface area contributed by atoms with Crippen LogP contribution >= 0.6 is 11.6 Å². The molecule has 0 saturated carbocycles. The molecule has 0 fully saturated rings. The summed E-state index contributed by atoms with van der Waals surface area (Å²) in [5.74, 6) is 1.44. The highest BCUT2D eigenvalue weighted by Crippen LogP contribution is 2.29. The van der Waals surface area contributed by atoms with Crippen LogP contribution in [0, 0.1) is 0 Å². The highest BCUT2D eigenvalue weighted by atomic mass is 35.5. The third-order valence-corrected chi connectivity index (χ3v) is 2.87. The van der Waals surface area contributed by atoms with E-state index >= 15 is 0 Å². The van der Waals surface area contributed by atoms with E-state index in [-0.39, 0.29) is 0 Å². The van der Waals surface area contributed by atoms with Crippen LogP contribution in [0.5, 0.6) is 11.5 Å². The Morgan fingerprint density at radius 1 is 1.17 bits per heavy atom. The van der Waals surface area contributed by atoms with Crippen LogP contribution in [0.15, 0.2) is 48.7 Å². The molecular weight excluding hydrogens is 248 g/mol. The van der Waals surface area contributed by atoms with Gasteiger partial charge in [0.15, 0.2) is 5.75 Å². The number of hydrogen-bond acceptors (Lipinski definition) is 2. The summed E-state index contributed by atoms with van der Waals surface area (Å²) in [6.07, 6.45) is 1.96. The Kier molecular flexibility index (Phi) is 2.68. The second kappa shape index (κ2) is 4.35. The van der Waals surface area contributed by atoms with Gasteiger partial charge in [0, 0.05) is 23.7 Å². The lowest BCUT2D eigenvalue weighted by molar-refractivity contribution is 0.486. The Morgan fingerprint density at radius 3 is 2.83 bits per heavy atom. The van der Waals surface area contributed by atoms with Crippen molar-refractivity contribution in [3.8, 4) is 11.5 Å². The van der Waals surface area contributed by atoms with Gasteiger partial charge in [-0.15, -0.1) is 0 Å². The molecule has 3 rings (SSSR count). The second-order valence-corrected chi connectivity index (χ2v) is 4.49. The van der Waals surface area contributed by atoms with Crippen molar-refractivity contribution in [1.29, 1.82) is 0 Å². The van der Waals surface area contributed by atoms with Gasteiger partial charge in [0.2, 0.25) is 0 Å². The molecule has 3 nitrogen and oxygen atoms in total. The average molecular weight is 259 g/mol. The summed E-state index contributed by atoms with van der Waals surface area (Å²) in [4.78, 5) is 0. The lowest BCUT2D eigenvalue weighted by atomic mass is 10.2. The van der Waals surface area contributed by atoms with E-state index in [9.17, 15) is 0 Å². The Hall–Kier alpha value is -2.00. The molecule has 0 spiro atoms. The third kappa shape index (κ3) is 2.05. The van der Waals surface area contributed by atoms with Crippen molar-refractivity contribution in [3.05, 3.63) is 53.7 Å². The fourth-order valence-electron chi connectivity index (χ4n) is 1.88. The first-order valence-electron chi connectivity index (χ1n) is 5.58. The molecule has 0 saturated heterocycles. The van der Waals surface area contributed by atoms with Crippen molar-refractivity contribution in [2.75, 3.05) is 0 Å². The first kappa shape index (κ1) is 11.1. The first-order chi connectivity index (χ1) is 8.72. The number of ether oxygens (including phenoxy) is 1. The lowest BCUT2D eigenvalue weighted by Gasteiger charge is -2.06. The van der Waals surface area contributed by atoms with Crippen molar-refractivity contribution in [1.82, 2.24) is 9.78 Å². The van der Waals surface area contributed by atoms with E-state index in [1.165, 1.54) is 0 Å². The summed E-state index contributed by atoms with van der Waals surface area (Å²) in [5, 5.41) is 6.10. The van der Waals surface area contributed by atoms with Gasteiger partial charge >= 0.3 is 0 Å². The number of benzene rings is 2. The van der Waals surface area contributed by atoms with Crippen molar-refractivity contribution in [3.63, 3.8) is 0 Å². The molecule has 0 amide bonds. The maximum Gasteiger partial charge on any atom is 0.155 e. The molecule has 0 bridgehead atoms. The zero-order chi connectivity index (χ0) is 12.5. The molecular formula is C14H11ClN2O. The number of aromatic nitrogens is 2. The monoisotopic (exact) mass is 258 g/mol. The minimum absolute atomic E-state index is 0.653. The van der Waals surface area contributed by atoms with Gasteiger partial charge < -0.3 is 4.74 Å². The summed E-state index contributed by atoms with van der Waals surface area (Å²) in [7, 11) is 1.89. The predicted octanol–water partition coefficient (Wildman–Crippen LogP) is 4.02. The van der Waals surface area contributed by atoms with E-state index in [1.807, 2.05) is 49.6 Å². The number of aryl methyl sites for hydroxylation is 1. The summed E-state index contributed by atoms with van der Waals surface area (Å²) in [5.41, 5.74) is 0.847. The van der Waals surface area contributed by atoms with Crippen LogP contribution in [0.4, 0.5) is 0 Å². The maximum atomic E-state index is 5.93. The summed E-state index contributed by atoms with van der Waals surface area (Å²) < 4.78 is 7.60. The second-order valence-electron chi connectivity index (χ2n) is 4.06. The van der Waals surface area contributed by atoms with Crippen LogP contribution in [0.3, 0.4) is 0 Å². The van der Waals surface area contributed by atoms with Crippen LogP contribution in [-0.2, 0) is 7.05 Å². The minimum Gasteiger partial charge on any atom is -0.455 e. The highest BCUT2D eigenvalue weighted by molar-refractivity contribution is 6.30. The quantitative estimate of drug-likeness (QED) is 0.694. The molecule has 1 heterocycles. The van der Waals surface area contributed by atoms with Gasteiger partial charge in [0.1, 0.15) is 11.3 Å². The lowest BCUT2D eigenvalue weighted by Crippen LogP contribution is -1.88. The number of fused-ring (bicyclic) bond motifs is 1. The molecule has 0 aliphatic heterocycles. The van der Waals surface area contributed by atoms with Crippen molar-refractivity contribution < 1.29 is 4.74 Å². The molecule has 90 valence electrons. The average Bonchev–Trinajstić information content (AvgIpc) is 2.71. The van der Waals surface area contributed by atoms with E-state index in [0.29, 0.717) is 10.8 Å². The number of halogens is 1. The Bertz CT molecular complexity index is 706. The van der Waals surface area contributed by atoms with Crippen LogP contribution in [0.1, 0.15) is 0 Å². The topological polar surface area (TPSA) is 27.1 Å². The van der Waals surface area contributed by atoms with Crippen molar-refractivity contribution >= 4 is 22.5 Å². The predicted molar refractivity (Wildman–Crippen MR) is 72.2 cm³/mol. The molecule has 3 aromatic rings. The molecule has 0 radical (unpaired) electrons. The van der Waals surface area contributed by atoms with Gasteiger partial charge in [0.25, 0.3) is 0 Å². The van der Waals surface area contributed by atoms with Crippen LogP contribution in [0.2, 0.25) is 5.02 Å². The number of nitrogens with zero attached hydrogens (tertiary/aromatic N) is 2. The first-order valence-corrected chi connectivity index (χ1v) is 5.96. The fourth-order valence-corrected chi connectivity index (χ4v) is 2.06. The minimum atomic E-state index is 0.653. The van der Waals surface area contributed by atoms with Crippen LogP contribution in [0.25, 0.3) is 10.9 Å². The Morgan fingerprint density at radius 2 is 2.00 bits per heavy atom. The molecule has 4 heteroatoms. The molecule has 0 N–H and O–H groups in total. The molecule has 18 heavy (non-hydrogen) atoms. The Balaban J connectivity index is 2.04. The molecule has 2 aromatic carbocycles. The van der Waals surface area contributed by atoms with Crippen LogP contribution < -0.4 is 4.74 Å². The highest BCUT2D eigenvalue weighted by Gasteiger charge is 2.06. The van der Waals surface area contributed by atoms with Gasteiger partial charge in [-0.25, -0.2) is 0 Å². The standard InChI is InChI=1S/C14H11ClN2O/c1-17-9-10-4-2-7-13(14(10)16-17)18-12-6-3-5-11(15)8-12/h2-9H,1H3. The van der Waals surface area contributed by atoms with E-state index in [2.05, 4.69) is 5.10 Å². The van der Waals surface area contributed by atoms with E-state index < -0.39 is 0 Å². The van der Waals surface area contributed by atoms with Gasteiger partial charge in [-0.2, -0.15) is 5.10 Å². The SMILES string of the molecule is Cn1cc2cccc(Oc3cccc(Cl)c3)c2n1. The molecule has 0 atom stereocenters. The van der Waals surface area contributed by atoms with Gasteiger partial charge in [0.05, 0.1) is 0 Å². The van der Waals surface area contributed by atoms with Crippen LogP contribution in [-0.4, -0.2) is 9.78 Å². The third-order valence-electron chi connectivity index (χ3n) is 2.64. The summed E-state index contributed by atoms with van der Waals surface area (Å²) >= 11 is 5.93. The number of hydrogen-bond donors (Lipinski definition) is 0. The zero-order valence-electron chi connectivity index (χ0n) is 9.80.